The van der Waals surface area contributed by atoms with Crippen LogP contribution in [0.25, 0.3) is 0 Å². The number of esters is 2. The first-order valence-corrected chi connectivity index (χ1v) is 5.50. The quantitative estimate of drug-likeness (QED) is 0.736. The third-order valence-corrected chi connectivity index (χ3v) is 2.46. The van der Waals surface area contributed by atoms with E-state index in [0.717, 1.165) is 19.4 Å². The van der Waals surface area contributed by atoms with Gasteiger partial charge in [0.15, 0.2) is 0 Å². The molecule has 1 heterocycles. The molecule has 0 unspecified atom stereocenters. The SMILES string of the molecule is CCCCn1cc(C(=O)OC)c(C(=O)OC)c1. The van der Waals surface area contributed by atoms with Gasteiger partial charge >= 0.3 is 11.9 Å². The first-order valence-electron chi connectivity index (χ1n) is 5.50. The van der Waals surface area contributed by atoms with Gasteiger partial charge in [-0.05, 0) is 6.42 Å². The standard InChI is InChI=1S/C12H17NO4/c1-4-5-6-13-7-9(11(14)16-2)10(8-13)12(15)17-3/h7-8H,4-6H2,1-3H3. The van der Waals surface area contributed by atoms with E-state index in [1.165, 1.54) is 14.2 Å². The monoisotopic (exact) mass is 239 g/mol. The van der Waals surface area contributed by atoms with Crippen molar-refractivity contribution >= 4 is 11.9 Å². The van der Waals surface area contributed by atoms with Gasteiger partial charge in [-0.1, -0.05) is 13.3 Å². The summed E-state index contributed by atoms with van der Waals surface area (Å²) in [5.41, 5.74) is 0.492. The lowest BCUT2D eigenvalue weighted by Gasteiger charge is -1.99. The van der Waals surface area contributed by atoms with E-state index in [9.17, 15) is 9.59 Å². The summed E-state index contributed by atoms with van der Waals surface area (Å²) in [7, 11) is 2.57. The number of aromatic nitrogens is 1. The third-order valence-electron chi connectivity index (χ3n) is 2.46. The summed E-state index contributed by atoms with van der Waals surface area (Å²) in [6, 6.07) is 0. The van der Waals surface area contributed by atoms with Crippen LogP contribution in [0.5, 0.6) is 0 Å². The van der Waals surface area contributed by atoms with Crippen LogP contribution in [0.15, 0.2) is 12.4 Å². The van der Waals surface area contributed by atoms with E-state index >= 15 is 0 Å². The molecule has 0 amide bonds. The lowest BCUT2D eigenvalue weighted by atomic mass is 10.2. The van der Waals surface area contributed by atoms with Gasteiger partial charge in [0.05, 0.1) is 25.3 Å². The van der Waals surface area contributed by atoms with Crippen molar-refractivity contribution in [3.8, 4) is 0 Å². The molecule has 0 N–H and O–H groups in total. The molecule has 0 atom stereocenters. The number of methoxy groups -OCH3 is 2. The maximum absolute atomic E-state index is 11.5. The van der Waals surface area contributed by atoms with E-state index in [1.54, 1.807) is 12.4 Å². The van der Waals surface area contributed by atoms with Crippen molar-refractivity contribution < 1.29 is 19.1 Å². The average molecular weight is 239 g/mol. The predicted octanol–water partition coefficient (Wildman–Crippen LogP) is 1.86. The minimum absolute atomic E-state index is 0.246. The van der Waals surface area contributed by atoms with Crippen LogP contribution >= 0.6 is 0 Å². The summed E-state index contributed by atoms with van der Waals surface area (Å²) in [4.78, 5) is 23.0. The molecule has 0 aliphatic rings. The minimum atomic E-state index is -0.527. The Morgan fingerprint density at radius 2 is 1.59 bits per heavy atom. The van der Waals surface area contributed by atoms with E-state index in [-0.39, 0.29) is 11.1 Å². The van der Waals surface area contributed by atoms with Crippen LogP contribution in [-0.4, -0.2) is 30.7 Å². The van der Waals surface area contributed by atoms with Crippen LogP contribution in [0.1, 0.15) is 40.5 Å². The van der Waals surface area contributed by atoms with E-state index in [2.05, 4.69) is 16.4 Å². The van der Waals surface area contributed by atoms with Crippen molar-refractivity contribution in [1.29, 1.82) is 0 Å². The highest BCUT2D eigenvalue weighted by Crippen LogP contribution is 2.14. The fraction of sp³-hybridized carbons (Fsp3) is 0.500. The summed E-state index contributed by atoms with van der Waals surface area (Å²) in [5, 5.41) is 0. The van der Waals surface area contributed by atoms with Gasteiger partial charge in [-0.25, -0.2) is 9.59 Å². The largest absolute Gasteiger partial charge is 0.465 e. The van der Waals surface area contributed by atoms with Crippen molar-refractivity contribution in [2.24, 2.45) is 0 Å². The molecule has 1 aromatic rings. The van der Waals surface area contributed by atoms with Gasteiger partial charge in [-0.3, -0.25) is 0 Å². The molecule has 0 saturated heterocycles. The van der Waals surface area contributed by atoms with Crippen molar-refractivity contribution in [2.45, 2.75) is 26.3 Å². The molecule has 0 aliphatic carbocycles. The zero-order valence-electron chi connectivity index (χ0n) is 10.4. The minimum Gasteiger partial charge on any atom is -0.465 e. The normalized spacial score (nSPS) is 10.1. The number of hydrogen-bond donors (Lipinski definition) is 0. The fourth-order valence-electron chi connectivity index (χ4n) is 1.52. The van der Waals surface area contributed by atoms with Crippen molar-refractivity contribution in [2.75, 3.05) is 14.2 Å². The van der Waals surface area contributed by atoms with Crippen LogP contribution in [0.2, 0.25) is 0 Å². The molecule has 5 heteroatoms. The molecule has 17 heavy (non-hydrogen) atoms. The van der Waals surface area contributed by atoms with E-state index < -0.39 is 11.9 Å². The maximum Gasteiger partial charge on any atom is 0.340 e. The fourth-order valence-corrected chi connectivity index (χ4v) is 1.52. The number of aryl methyl sites for hydroxylation is 1. The Balaban J connectivity index is 3.03. The number of hydrogen-bond acceptors (Lipinski definition) is 4. The molecule has 94 valence electrons. The second kappa shape index (κ2) is 6.08. The highest BCUT2D eigenvalue weighted by Gasteiger charge is 2.20. The lowest BCUT2D eigenvalue weighted by molar-refractivity contribution is 0.0556. The Morgan fingerprint density at radius 3 is 1.94 bits per heavy atom. The van der Waals surface area contributed by atoms with Crippen LogP contribution in [0, 0.1) is 0 Å². The molecule has 0 spiro atoms. The van der Waals surface area contributed by atoms with Gasteiger partial charge in [0.25, 0.3) is 0 Å². The van der Waals surface area contributed by atoms with Crippen molar-refractivity contribution in [1.82, 2.24) is 4.57 Å². The van der Waals surface area contributed by atoms with E-state index in [0.29, 0.717) is 0 Å². The molecule has 0 saturated carbocycles. The number of carbonyl (C=O) groups excluding carboxylic acids is 2. The Bertz CT molecular complexity index is 375. The average Bonchev–Trinajstić information content (AvgIpc) is 2.78. The summed E-state index contributed by atoms with van der Waals surface area (Å²) in [6.07, 6.45) is 5.26. The summed E-state index contributed by atoms with van der Waals surface area (Å²) in [5.74, 6) is -1.05. The van der Waals surface area contributed by atoms with Crippen molar-refractivity contribution in [3.05, 3.63) is 23.5 Å². The topological polar surface area (TPSA) is 57.5 Å². The summed E-state index contributed by atoms with van der Waals surface area (Å²) >= 11 is 0. The van der Waals surface area contributed by atoms with Gasteiger partial charge in [0.2, 0.25) is 0 Å². The number of carbonyl (C=O) groups is 2. The number of nitrogens with zero attached hydrogens (tertiary/aromatic N) is 1. The molecule has 0 aliphatic heterocycles. The Morgan fingerprint density at radius 1 is 1.12 bits per heavy atom. The van der Waals surface area contributed by atoms with Crippen LogP contribution in [-0.2, 0) is 16.0 Å². The first-order chi connectivity index (χ1) is 8.13. The lowest BCUT2D eigenvalue weighted by Crippen LogP contribution is -2.08. The van der Waals surface area contributed by atoms with E-state index in [4.69, 9.17) is 0 Å². The predicted molar refractivity (Wildman–Crippen MR) is 62.0 cm³/mol. The molecule has 0 fully saturated rings. The third kappa shape index (κ3) is 3.09. The number of unbranched alkanes of at least 4 members (excludes halogenated alkanes) is 1. The van der Waals surface area contributed by atoms with Gasteiger partial charge < -0.3 is 14.0 Å². The highest BCUT2D eigenvalue weighted by molar-refractivity contribution is 6.03. The van der Waals surface area contributed by atoms with Gasteiger partial charge in [0, 0.05) is 18.9 Å². The zero-order chi connectivity index (χ0) is 12.8. The molecule has 1 aromatic heterocycles. The molecule has 5 nitrogen and oxygen atoms in total. The molecule has 0 aromatic carbocycles. The van der Waals surface area contributed by atoms with Crippen LogP contribution in [0.3, 0.4) is 0 Å². The molecular formula is C12H17NO4. The van der Waals surface area contributed by atoms with Crippen LogP contribution in [0.4, 0.5) is 0 Å². The van der Waals surface area contributed by atoms with E-state index in [1.807, 2.05) is 4.57 Å². The van der Waals surface area contributed by atoms with Crippen molar-refractivity contribution in [3.63, 3.8) is 0 Å². The number of rotatable bonds is 5. The Labute approximate surface area is 100 Å². The Hall–Kier alpha value is -1.78. The first kappa shape index (κ1) is 13.3. The molecular weight excluding hydrogens is 222 g/mol. The zero-order valence-corrected chi connectivity index (χ0v) is 10.4. The summed E-state index contributed by atoms with van der Waals surface area (Å²) in [6.45, 7) is 2.84. The highest BCUT2D eigenvalue weighted by atomic mass is 16.5. The molecule has 0 bridgehead atoms. The Kier molecular flexibility index (Phi) is 4.75. The second-order valence-corrected chi connectivity index (χ2v) is 3.66. The van der Waals surface area contributed by atoms with Crippen LogP contribution < -0.4 is 0 Å². The summed E-state index contributed by atoms with van der Waals surface area (Å²) < 4.78 is 11.1. The van der Waals surface area contributed by atoms with Gasteiger partial charge in [0.1, 0.15) is 0 Å². The van der Waals surface area contributed by atoms with Gasteiger partial charge in [-0.15, -0.1) is 0 Å². The van der Waals surface area contributed by atoms with Gasteiger partial charge in [-0.2, -0.15) is 0 Å². The maximum atomic E-state index is 11.5. The number of ether oxygens (including phenoxy) is 2. The second-order valence-electron chi connectivity index (χ2n) is 3.66. The molecule has 0 radical (unpaired) electrons. The molecule has 1 rings (SSSR count). The smallest absolute Gasteiger partial charge is 0.340 e.